The summed E-state index contributed by atoms with van der Waals surface area (Å²) in [5, 5.41) is 0. The molecule has 1 unspecified atom stereocenters. The van der Waals surface area contributed by atoms with E-state index in [9.17, 15) is 0 Å². The lowest BCUT2D eigenvalue weighted by Crippen LogP contribution is -2.40. The highest BCUT2D eigenvalue weighted by Crippen LogP contribution is 2.27. The molecule has 1 aliphatic rings. The number of nitrogens with zero attached hydrogens (tertiary/aromatic N) is 2. The largest absolute Gasteiger partial charge is 0.353 e. The van der Waals surface area contributed by atoms with Crippen molar-refractivity contribution in [2.75, 3.05) is 18.0 Å². The van der Waals surface area contributed by atoms with Gasteiger partial charge in [-0.3, -0.25) is 0 Å². The van der Waals surface area contributed by atoms with Gasteiger partial charge in [0.05, 0.1) is 0 Å². The average Bonchev–Trinajstić information content (AvgIpc) is 2.40. The van der Waals surface area contributed by atoms with Crippen molar-refractivity contribution in [2.24, 2.45) is 5.73 Å². The van der Waals surface area contributed by atoms with Gasteiger partial charge in [-0.25, -0.2) is 4.98 Å². The highest BCUT2D eigenvalue weighted by Gasteiger charge is 2.23. The summed E-state index contributed by atoms with van der Waals surface area (Å²) in [5.74, 6) is 1.17. The molecule has 0 bridgehead atoms. The SMILES string of the molecule is CCC1CCCCN1c1ncccc1CCN. The van der Waals surface area contributed by atoms with Crippen molar-refractivity contribution in [1.82, 2.24) is 4.98 Å². The fraction of sp³-hybridized carbons (Fsp3) is 0.643. The number of hydrogen-bond acceptors (Lipinski definition) is 3. The molecule has 2 N–H and O–H groups in total. The fourth-order valence-corrected chi connectivity index (χ4v) is 2.74. The van der Waals surface area contributed by atoms with Crippen LogP contribution >= 0.6 is 0 Å². The van der Waals surface area contributed by atoms with Gasteiger partial charge in [0, 0.05) is 18.8 Å². The van der Waals surface area contributed by atoms with E-state index in [4.69, 9.17) is 5.73 Å². The van der Waals surface area contributed by atoms with Crippen molar-refractivity contribution in [1.29, 1.82) is 0 Å². The highest BCUT2D eigenvalue weighted by atomic mass is 15.2. The standard InChI is InChI=1S/C14H23N3/c1-2-13-7-3-4-11-17(13)14-12(8-9-15)6-5-10-16-14/h5-6,10,13H,2-4,7-9,11,15H2,1H3. The van der Waals surface area contributed by atoms with E-state index in [2.05, 4.69) is 22.9 Å². The summed E-state index contributed by atoms with van der Waals surface area (Å²) in [7, 11) is 0. The van der Waals surface area contributed by atoms with Crippen LogP contribution in [0.25, 0.3) is 0 Å². The zero-order chi connectivity index (χ0) is 12.1. The Morgan fingerprint density at radius 1 is 1.47 bits per heavy atom. The first kappa shape index (κ1) is 12.4. The van der Waals surface area contributed by atoms with E-state index in [1.807, 2.05) is 12.3 Å². The minimum Gasteiger partial charge on any atom is -0.353 e. The Hall–Kier alpha value is -1.09. The zero-order valence-corrected chi connectivity index (χ0v) is 10.7. The van der Waals surface area contributed by atoms with Crippen LogP contribution in [0.15, 0.2) is 18.3 Å². The van der Waals surface area contributed by atoms with Crippen molar-refractivity contribution < 1.29 is 0 Å². The van der Waals surface area contributed by atoms with Gasteiger partial charge in [-0.1, -0.05) is 13.0 Å². The van der Waals surface area contributed by atoms with Crippen LogP contribution in [0, 0.1) is 0 Å². The van der Waals surface area contributed by atoms with Gasteiger partial charge in [0.1, 0.15) is 5.82 Å². The average molecular weight is 233 g/mol. The third-order valence-electron chi connectivity index (χ3n) is 3.65. The summed E-state index contributed by atoms with van der Waals surface area (Å²) in [5.41, 5.74) is 6.98. The van der Waals surface area contributed by atoms with Crippen LogP contribution in [0.5, 0.6) is 0 Å². The first-order valence-electron chi connectivity index (χ1n) is 6.77. The molecule has 0 radical (unpaired) electrons. The van der Waals surface area contributed by atoms with Crippen LogP contribution in [0.4, 0.5) is 5.82 Å². The van der Waals surface area contributed by atoms with E-state index in [1.54, 1.807) is 0 Å². The topological polar surface area (TPSA) is 42.2 Å². The number of aromatic nitrogens is 1. The highest BCUT2D eigenvalue weighted by molar-refractivity contribution is 5.48. The number of piperidine rings is 1. The van der Waals surface area contributed by atoms with Crippen molar-refractivity contribution >= 4 is 5.82 Å². The molecule has 1 aliphatic heterocycles. The summed E-state index contributed by atoms with van der Waals surface area (Å²) in [6.45, 7) is 4.12. The Morgan fingerprint density at radius 2 is 2.35 bits per heavy atom. The molecule has 0 aliphatic carbocycles. The number of pyridine rings is 1. The lowest BCUT2D eigenvalue weighted by Gasteiger charge is -2.37. The van der Waals surface area contributed by atoms with E-state index in [-0.39, 0.29) is 0 Å². The van der Waals surface area contributed by atoms with Gasteiger partial charge in [0.25, 0.3) is 0 Å². The monoisotopic (exact) mass is 233 g/mol. The molecule has 0 amide bonds. The summed E-state index contributed by atoms with van der Waals surface area (Å²) >= 11 is 0. The van der Waals surface area contributed by atoms with Gasteiger partial charge < -0.3 is 10.6 Å². The number of rotatable bonds is 4. The van der Waals surface area contributed by atoms with Gasteiger partial charge >= 0.3 is 0 Å². The lowest BCUT2D eigenvalue weighted by molar-refractivity contribution is 0.446. The second-order valence-electron chi connectivity index (χ2n) is 4.78. The fourth-order valence-electron chi connectivity index (χ4n) is 2.74. The first-order chi connectivity index (χ1) is 8.36. The summed E-state index contributed by atoms with van der Waals surface area (Å²) in [4.78, 5) is 7.08. The van der Waals surface area contributed by atoms with Gasteiger partial charge in [-0.05, 0) is 50.3 Å². The van der Waals surface area contributed by atoms with Crippen molar-refractivity contribution in [2.45, 2.75) is 45.1 Å². The van der Waals surface area contributed by atoms with Crippen LogP contribution in [0.2, 0.25) is 0 Å². The molecule has 1 fully saturated rings. The van der Waals surface area contributed by atoms with Crippen LogP contribution in [-0.4, -0.2) is 24.1 Å². The molecular weight excluding hydrogens is 210 g/mol. The Kier molecular flexibility index (Phi) is 4.37. The predicted octanol–water partition coefficient (Wildman–Crippen LogP) is 2.35. The molecule has 1 aromatic rings. The molecule has 2 heterocycles. The van der Waals surface area contributed by atoms with E-state index >= 15 is 0 Å². The number of anilines is 1. The molecular formula is C14H23N3. The second kappa shape index (κ2) is 6.01. The molecule has 0 saturated carbocycles. The van der Waals surface area contributed by atoms with Gasteiger partial charge in [0.15, 0.2) is 0 Å². The maximum Gasteiger partial charge on any atom is 0.131 e. The van der Waals surface area contributed by atoms with Crippen molar-refractivity contribution in [3.8, 4) is 0 Å². The molecule has 2 rings (SSSR count). The minimum absolute atomic E-state index is 0.662. The molecule has 0 spiro atoms. The van der Waals surface area contributed by atoms with Crippen LogP contribution < -0.4 is 10.6 Å². The Labute approximate surface area is 104 Å². The summed E-state index contributed by atoms with van der Waals surface area (Å²) in [6, 6.07) is 4.84. The van der Waals surface area contributed by atoms with Crippen LogP contribution in [0.3, 0.4) is 0 Å². The second-order valence-corrected chi connectivity index (χ2v) is 4.78. The maximum atomic E-state index is 5.68. The molecule has 3 nitrogen and oxygen atoms in total. The molecule has 94 valence electrons. The molecule has 3 heteroatoms. The summed E-state index contributed by atoms with van der Waals surface area (Å²) < 4.78 is 0. The molecule has 1 saturated heterocycles. The third-order valence-corrected chi connectivity index (χ3v) is 3.65. The Bertz CT molecular complexity index is 351. The third kappa shape index (κ3) is 2.78. The molecule has 17 heavy (non-hydrogen) atoms. The Morgan fingerprint density at radius 3 is 3.12 bits per heavy atom. The number of hydrogen-bond donors (Lipinski definition) is 1. The first-order valence-corrected chi connectivity index (χ1v) is 6.77. The Balaban J connectivity index is 2.24. The quantitative estimate of drug-likeness (QED) is 0.868. The van der Waals surface area contributed by atoms with E-state index in [0.717, 1.165) is 13.0 Å². The zero-order valence-electron chi connectivity index (χ0n) is 10.7. The summed E-state index contributed by atoms with van der Waals surface area (Å²) in [6.07, 6.45) is 7.98. The van der Waals surface area contributed by atoms with Crippen LogP contribution in [0.1, 0.15) is 38.2 Å². The normalized spacial score (nSPS) is 20.6. The van der Waals surface area contributed by atoms with E-state index < -0.39 is 0 Å². The van der Waals surface area contributed by atoms with Gasteiger partial charge in [-0.2, -0.15) is 0 Å². The molecule has 0 aromatic carbocycles. The van der Waals surface area contributed by atoms with Crippen LogP contribution in [-0.2, 0) is 6.42 Å². The lowest BCUT2D eigenvalue weighted by atomic mass is 9.99. The predicted molar refractivity (Wildman–Crippen MR) is 72.3 cm³/mol. The molecule has 1 atom stereocenters. The van der Waals surface area contributed by atoms with E-state index in [0.29, 0.717) is 12.6 Å². The van der Waals surface area contributed by atoms with E-state index in [1.165, 1.54) is 37.1 Å². The molecule has 1 aromatic heterocycles. The van der Waals surface area contributed by atoms with Crippen molar-refractivity contribution in [3.05, 3.63) is 23.9 Å². The minimum atomic E-state index is 0.662. The smallest absolute Gasteiger partial charge is 0.131 e. The van der Waals surface area contributed by atoms with Crippen molar-refractivity contribution in [3.63, 3.8) is 0 Å². The van der Waals surface area contributed by atoms with Gasteiger partial charge in [-0.15, -0.1) is 0 Å². The maximum absolute atomic E-state index is 5.68. The number of nitrogens with two attached hydrogens (primary N) is 1. The van der Waals surface area contributed by atoms with Gasteiger partial charge in [0.2, 0.25) is 0 Å².